The summed E-state index contributed by atoms with van der Waals surface area (Å²) in [7, 11) is 1.18. The van der Waals surface area contributed by atoms with Crippen LogP contribution in [0.15, 0.2) is 18.2 Å². The molecule has 0 aliphatic carbocycles. The summed E-state index contributed by atoms with van der Waals surface area (Å²) in [5.41, 5.74) is 0. The van der Waals surface area contributed by atoms with Crippen LogP contribution in [0.2, 0.25) is 0 Å². The molecule has 0 radical (unpaired) electrons. The van der Waals surface area contributed by atoms with Crippen LogP contribution in [-0.2, 0) is 0 Å². The minimum Gasteiger partial charge on any atom is -0.505 e. The van der Waals surface area contributed by atoms with Crippen LogP contribution < -0.4 is 4.74 Å². The summed E-state index contributed by atoms with van der Waals surface area (Å²) in [6.45, 7) is 0. The molecule has 2 aromatic carbocycles. The third kappa shape index (κ3) is 1.36. The first-order valence-electron chi connectivity index (χ1n) is 4.39. The number of methoxy groups -OCH3 is 1. The first-order chi connectivity index (χ1) is 7.56. The molecule has 0 atom stereocenters. The van der Waals surface area contributed by atoms with Crippen molar-refractivity contribution in [1.29, 1.82) is 0 Å². The van der Waals surface area contributed by atoms with Gasteiger partial charge in [0.1, 0.15) is 0 Å². The summed E-state index contributed by atoms with van der Waals surface area (Å²) in [4.78, 5) is 0. The second kappa shape index (κ2) is 3.59. The molecule has 1 N–H and O–H groups in total. The van der Waals surface area contributed by atoms with Gasteiger partial charge in [-0.1, -0.05) is 6.07 Å². The maximum absolute atomic E-state index is 13.5. The van der Waals surface area contributed by atoms with Gasteiger partial charge >= 0.3 is 0 Å². The molecule has 0 aromatic heterocycles. The highest BCUT2D eigenvalue weighted by Crippen LogP contribution is 2.33. The summed E-state index contributed by atoms with van der Waals surface area (Å²) in [6.07, 6.45) is 0. The van der Waals surface area contributed by atoms with Crippen LogP contribution in [0.1, 0.15) is 0 Å². The molecule has 16 heavy (non-hydrogen) atoms. The van der Waals surface area contributed by atoms with Crippen molar-refractivity contribution < 1.29 is 23.0 Å². The van der Waals surface area contributed by atoms with E-state index in [1.54, 1.807) is 0 Å². The molecule has 84 valence electrons. The number of benzene rings is 2. The number of rotatable bonds is 1. The lowest BCUT2D eigenvalue weighted by molar-refractivity contribution is 0.373. The van der Waals surface area contributed by atoms with E-state index in [4.69, 9.17) is 5.11 Å². The maximum atomic E-state index is 13.5. The number of hydrogen-bond donors (Lipinski definition) is 1. The van der Waals surface area contributed by atoms with Crippen LogP contribution in [0.3, 0.4) is 0 Å². The van der Waals surface area contributed by atoms with E-state index < -0.39 is 28.6 Å². The van der Waals surface area contributed by atoms with E-state index >= 15 is 0 Å². The number of phenols is 1. The van der Waals surface area contributed by atoms with Gasteiger partial charge < -0.3 is 9.84 Å². The Kier molecular flexibility index (Phi) is 2.38. The zero-order chi connectivity index (χ0) is 11.9. The van der Waals surface area contributed by atoms with E-state index in [-0.39, 0.29) is 11.1 Å². The van der Waals surface area contributed by atoms with Crippen LogP contribution in [0, 0.1) is 17.5 Å². The largest absolute Gasteiger partial charge is 0.505 e. The highest BCUT2D eigenvalue weighted by Gasteiger charge is 2.18. The first-order valence-corrected chi connectivity index (χ1v) is 4.39. The van der Waals surface area contributed by atoms with Crippen molar-refractivity contribution >= 4 is 10.8 Å². The average molecular weight is 228 g/mol. The van der Waals surface area contributed by atoms with Crippen molar-refractivity contribution in [3.05, 3.63) is 35.7 Å². The number of halogens is 3. The lowest BCUT2D eigenvalue weighted by Crippen LogP contribution is -1.95. The Labute approximate surface area is 88.9 Å². The Hall–Kier alpha value is -1.91. The molecule has 0 amide bonds. The highest BCUT2D eigenvalue weighted by atomic mass is 19.2. The minimum atomic E-state index is -1.37. The molecule has 0 aliphatic rings. The highest BCUT2D eigenvalue weighted by molar-refractivity contribution is 5.86. The third-order valence-electron chi connectivity index (χ3n) is 2.29. The molecule has 0 fully saturated rings. The second-order valence-corrected chi connectivity index (χ2v) is 3.20. The van der Waals surface area contributed by atoms with Gasteiger partial charge in [-0.15, -0.1) is 0 Å². The monoisotopic (exact) mass is 228 g/mol. The molecular formula is C11H7F3O2. The topological polar surface area (TPSA) is 29.5 Å². The smallest absolute Gasteiger partial charge is 0.201 e. The standard InChI is InChI=1S/C11H7F3O2/c1-16-7-4-5-2-3-6(15)9(12)8(5)11(14)10(7)13/h2-4,15H,1H3. The Balaban J connectivity index is 2.93. The molecule has 5 heteroatoms. The lowest BCUT2D eigenvalue weighted by atomic mass is 10.1. The Bertz CT molecular complexity index is 567. The summed E-state index contributed by atoms with van der Waals surface area (Å²) in [5, 5.41) is 8.60. The number of hydrogen-bond acceptors (Lipinski definition) is 2. The minimum absolute atomic E-state index is 0.117. The quantitative estimate of drug-likeness (QED) is 0.813. The molecule has 0 saturated carbocycles. The summed E-state index contributed by atoms with van der Waals surface area (Å²) in [6, 6.07) is 3.50. The third-order valence-corrected chi connectivity index (χ3v) is 2.29. The van der Waals surface area contributed by atoms with E-state index in [9.17, 15) is 13.2 Å². The number of phenolic OH excluding ortho intramolecular Hbond substituents is 1. The van der Waals surface area contributed by atoms with Crippen LogP contribution in [0.5, 0.6) is 11.5 Å². The van der Waals surface area contributed by atoms with E-state index in [2.05, 4.69) is 4.74 Å². The molecule has 0 bridgehead atoms. The van der Waals surface area contributed by atoms with Gasteiger partial charge in [-0.25, -0.2) is 8.78 Å². The van der Waals surface area contributed by atoms with E-state index in [0.717, 1.165) is 12.1 Å². The van der Waals surface area contributed by atoms with Crippen molar-refractivity contribution in [2.45, 2.75) is 0 Å². The van der Waals surface area contributed by atoms with Crippen LogP contribution in [0.25, 0.3) is 10.8 Å². The Morgan fingerprint density at radius 1 is 1.06 bits per heavy atom. The molecule has 0 unspecified atom stereocenters. The van der Waals surface area contributed by atoms with Crippen molar-refractivity contribution in [3.63, 3.8) is 0 Å². The number of ether oxygens (including phenoxy) is 1. The van der Waals surface area contributed by atoms with Crippen molar-refractivity contribution in [1.82, 2.24) is 0 Å². The van der Waals surface area contributed by atoms with Crippen molar-refractivity contribution in [2.24, 2.45) is 0 Å². The zero-order valence-corrected chi connectivity index (χ0v) is 8.22. The fourth-order valence-electron chi connectivity index (χ4n) is 1.49. The van der Waals surface area contributed by atoms with Gasteiger partial charge in [0, 0.05) is 0 Å². The molecule has 0 saturated heterocycles. The summed E-state index contributed by atoms with van der Waals surface area (Å²) < 4.78 is 44.8. The molecule has 2 nitrogen and oxygen atoms in total. The van der Waals surface area contributed by atoms with Gasteiger partial charge in [-0.05, 0) is 17.5 Å². The Morgan fingerprint density at radius 2 is 1.75 bits per heavy atom. The van der Waals surface area contributed by atoms with Gasteiger partial charge in [0.25, 0.3) is 0 Å². The molecular weight excluding hydrogens is 221 g/mol. The number of fused-ring (bicyclic) bond motifs is 1. The van der Waals surface area contributed by atoms with Gasteiger partial charge in [-0.2, -0.15) is 4.39 Å². The predicted octanol–water partition coefficient (Wildman–Crippen LogP) is 2.97. The van der Waals surface area contributed by atoms with Crippen molar-refractivity contribution in [3.8, 4) is 11.5 Å². The zero-order valence-electron chi connectivity index (χ0n) is 8.22. The number of aromatic hydroxyl groups is 1. The molecule has 2 aromatic rings. The van der Waals surface area contributed by atoms with Crippen molar-refractivity contribution in [2.75, 3.05) is 7.11 Å². The SMILES string of the molecule is COc1cc2ccc(O)c(F)c2c(F)c1F. The Morgan fingerprint density at radius 3 is 2.38 bits per heavy atom. The maximum Gasteiger partial charge on any atom is 0.201 e. The second-order valence-electron chi connectivity index (χ2n) is 3.20. The molecule has 0 aliphatic heterocycles. The predicted molar refractivity (Wildman–Crippen MR) is 52.0 cm³/mol. The van der Waals surface area contributed by atoms with E-state index in [0.29, 0.717) is 0 Å². The lowest BCUT2D eigenvalue weighted by Gasteiger charge is -2.07. The van der Waals surface area contributed by atoms with Gasteiger partial charge in [0.2, 0.25) is 5.82 Å². The summed E-state index contributed by atoms with van der Waals surface area (Å²) in [5.74, 6) is -4.87. The molecule has 0 spiro atoms. The van der Waals surface area contributed by atoms with Gasteiger partial charge in [0.15, 0.2) is 23.1 Å². The van der Waals surface area contributed by atoms with E-state index in [1.807, 2.05) is 0 Å². The average Bonchev–Trinajstić information content (AvgIpc) is 2.28. The fraction of sp³-hybridized carbons (Fsp3) is 0.0909. The van der Waals surface area contributed by atoms with Gasteiger partial charge in [-0.3, -0.25) is 0 Å². The summed E-state index contributed by atoms with van der Waals surface area (Å²) >= 11 is 0. The van der Waals surface area contributed by atoms with Crippen LogP contribution in [0.4, 0.5) is 13.2 Å². The van der Waals surface area contributed by atoms with Crippen LogP contribution in [-0.4, -0.2) is 12.2 Å². The van der Waals surface area contributed by atoms with Crippen LogP contribution >= 0.6 is 0 Å². The fourth-order valence-corrected chi connectivity index (χ4v) is 1.49. The van der Waals surface area contributed by atoms with E-state index in [1.165, 1.54) is 13.2 Å². The normalized spacial score (nSPS) is 10.8. The van der Waals surface area contributed by atoms with Gasteiger partial charge in [0.05, 0.1) is 12.5 Å². The molecule has 0 heterocycles. The molecule has 2 rings (SSSR count). The first kappa shape index (κ1) is 10.6.